The van der Waals surface area contributed by atoms with Crippen LogP contribution in [0.15, 0.2) is 24.5 Å². The number of nitriles is 1. The molecule has 0 spiro atoms. The van der Waals surface area contributed by atoms with Crippen LogP contribution in [0.2, 0.25) is 0 Å². The number of hydrogen-bond donors (Lipinski definition) is 0. The molecule has 0 atom stereocenters. The van der Waals surface area contributed by atoms with Gasteiger partial charge in [-0.2, -0.15) is 5.26 Å². The average Bonchev–Trinajstić information content (AvgIpc) is 2.83. The van der Waals surface area contributed by atoms with Gasteiger partial charge in [0.25, 0.3) is 0 Å². The molecule has 0 saturated carbocycles. The van der Waals surface area contributed by atoms with Crippen LogP contribution in [0.25, 0.3) is 5.82 Å². The van der Waals surface area contributed by atoms with E-state index >= 15 is 0 Å². The van der Waals surface area contributed by atoms with Gasteiger partial charge >= 0.3 is 0 Å². The molecule has 0 fully saturated rings. The van der Waals surface area contributed by atoms with Crippen molar-refractivity contribution >= 4 is 5.82 Å². The normalized spacial score (nSPS) is 10.5. The zero-order valence-corrected chi connectivity index (χ0v) is 11.6. The zero-order valence-electron chi connectivity index (χ0n) is 11.6. The molecule has 2 aromatic heterocycles. The predicted molar refractivity (Wildman–Crippen MR) is 74.5 cm³/mol. The number of nitrogens with zero attached hydrogens (tertiary/aromatic N) is 5. The Balaban J connectivity index is 2.40. The van der Waals surface area contributed by atoms with E-state index in [0.717, 1.165) is 0 Å². The molecule has 0 amide bonds. The van der Waals surface area contributed by atoms with Gasteiger partial charge in [-0.05, 0) is 17.5 Å². The smallest absolute Gasteiger partial charge is 0.168 e. The molecular weight excluding hydrogens is 238 g/mol. The lowest BCUT2D eigenvalue weighted by atomic mass is 10.1. The van der Waals surface area contributed by atoms with Gasteiger partial charge in [-0.1, -0.05) is 19.9 Å². The fourth-order valence-electron chi connectivity index (χ4n) is 1.77. The van der Waals surface area contributed by atoms with E-state index in [-0.39, 0.29) is 0 Å². The van der Waals surface area contributed by atoms with E-state index in [9.17, 15) is 0 Å². The second-order valence-corrected chi connectivity index (χ2v) is 4.92. The molecule has 0 aliphatic carbocycles. The molecule has 98 valence electrons. The van der Waals surface area contributed by atoms with Crippen LogP contribution in [-0.2, 0) is 0 Å². The van der Waals surface area contributed by atoms with Crippen molar-refractivity contribution in [3.63, 3.8) is 0 Å². The summed E-state index contributed by atoms with van der Waals surface area (Å²) in [4.78, 5) is 6.21. The molecule has 2 rings (SSSR count). The second kappa shape index (κ2) is 5.11. The minimum Gasteiger partial charge on any atom is -0.360 e. The van der Waals surface area contributed by atoms with Crippen molar-refractivity contribution in [2.24, 2.45) is 0 Å². The minimum absolute atomic E-state index is 0.450. The molecule has 2 aromatic rings. The topological polar surface area (TPSA) is 57.7 Å². The van der Waals surface area contributed by atoms with Crippen LogP contribution in [-0.4, -0.2) is 28.9 Å². The highest BCUT2D eigenvalue weighted by atomic mass is 15.4. The van der Waals surface area contributed by atoms with Gasteiger partial charge in [-0.25, -0.2) is 9.67 Å². The quantitative estimate of drug-likeness (QED) is 0.844. The Kier molecular flexibility index (Phi) is 3.52. The Hall–Kier alpha value is -2.35. The highest BCUT2D eigenvalue weighted by molar-refractivity contribution is 5.53. The molecule has 0 unspecified atom stereocenters. The summed E-state index contributed by atoms with van der Waals surface area (Å²) in [5.74, 6) is 1.82. The first-order chi connectivity index (χ1) is 9.02. The first-order valence-corrected chi connectivity index (χ1v) is 6.16. The molecule has 19 heavy (non-hydrogen) atoms. The fraction of sp³-hybridized carbons (Fsp3) is 0.357. The second-order valence-electron chi connectivity index (χ2n) is 4.92. The van der Waals surface area contributed by atoms with Crippen LogP contribution < -0.4 is 4.90 Å². The summed E-state index contributed by atoms with van der Waals surface area (Å²) in [7, 11) is 3.73. The molecule has 0 N–H and O–H groups in total. The van der Waals surface area contributed by atoms with Gasteiger partial charge in [0.15, 0.2) is 11.6 Å². The van der Waals surface area contributed by atoms with E-state index in [1.807, 2.05) is 37.3 Å². The van der Waals surface area contributed by atoms with Crippen LogP contribution in [0.1, 0.15) is 30.9 Å². The molecule has 0 saturated heterocycles. The predicted octanol–water partition coefficient (Wildman–Crippen LogP) is 2.33. The van der Waals surface area contributed by atoms with Crippen molar-refractivity contribution in [3.05, 3.63) is 35.7 Å². The molecule has 0 bridgehead atoms. The summed E-state index contributed by atoms with van der Waals surface area (Å²) in [5, 5.41) is 13.5. The van der Waals surface area contributed by atoms with Gasteiger partial charge in [0.2, 0.25) is 0 Å². The Morgan fingerprint density at radius 2 is 2.05 bits per heavy atom. The van der Waals surface area contributed by atoms with Gasteiger partial charge in [0.05, 0.1) is 6.20 Å². The third kappa shape index (κ3) is 2.58. The average molecular weight is 255 g/mol. The number of anilines is 1. The lowest BCUT2D eigenvalue weighted by Gasteiger charge is -2.08. The van der Waals surface area contributed by atoms with Crippen LogP contribution in [0, 0.1) is 11.3 Å². The largest absolute Gasteiger partial charge is 0.360 e. The van der Waals surface area contributed by atoms with Gasteiger partial charge in [0.1, 0.15) is 11.6 Å². The zero-order chi connectivity index (χ0) is 14.0. The molecular formula is C14H17N5. The third-order valence-corrected chi connectivity index (χ3v) is 2.91. The summed E-state index contributed by atoms with van der Waals surface area (Å²) in [6.45, 7) is 4.26. The van der Waals surface area contributed by atoms with Gasteiger partial charge in [-0.15, -0.1) is 5.10 Å². The van der Waals surface area contributed by atoms with Crippen molar-refractivity contribution in [3.8, 4) is 11.9 Å². The summed E-state index contributed by atoms with van der Waals surface area (Å²) >= 11 is 0. The SMILES string of the molecule is CC(C)c1ccc(-n2cc(C#N)c(N(C)C)n2)nc1. The summed E-state index contributed by atoms with van der Waals surface area (Å²) in [6.07, 6.45) is 3.55. The van der Waals surface area contributed by atoms with Crippen molar-refractivity contribution in [2.45, 2.75) is 19.8 Å². The van der Waals surface area contributed by atoms with Gasteiger partial charge in [-0.3, -0.25) is 0 Å². The highest BCUT2D eigenvalue weighted by Gasteiger charge is 2.12. The maximum Gasteiger partial charge on any atom is 0.168 e. The molecule has 5 heteroatoms. The maximum atomic E-state index is 9.09. The molecule has 0 aromatic carbocycles. The number of rotatable bonds is 3. The highest BCUT2D eigenvalue weighted by Crippen LogP contribution is 2.18. The van der Waals surface area contributed by atoms with Crippen molar-refractivity contribution in [2.75, 3.05) is 19.0 Å². The monoisotopic (exact) mass is 255 g/mol. The maximum absolute atomic E-state index is 9.09. The van der Waals surface area contributed by atoms with E-state index in [2.05, 4.69) is 30.0 Å². The first-order valence-electron chi connectivity index (χ1n) is 6.16. The van der Waals surface area contributed by atoms with Crippen molar-refractivity contribution in [1.82, 2.24) is 14.8 Å². The minimum atomic E-state index is 0.450. The lowest BCUT2D eigenvalue weighted by Crippen LogP contribution is -2.11. The van der Waals surface area contributed by atoms with Crippen LogP contribution in [0.3, 0.4) is 0 Å². The standard InChI is InChI=1S/C14H17N5/c1-10(2)11-5-6-13(16-8-11)19-9-12(7-15)14(17-19)18(3)4/h5-6,8-10H,1-4H3. The van der Waals surface area contributed by atoms with Gasteiger partial charge < -0.3 is 4.90 Å². The van der Waals surface area contributed by atoms with E-state index in [1.54, 1.807) is 10.9 Å². The number of pyridine rings is 1. The van der Waals surface area contributed by atoms with Gasteiger partial charge in [0, 0.05) is 20.3 Å². The molecule has 0 aliphatic rings. The number of hydrogen-bond acceptors (Lipinski definition) is 4. The van der Waals surface area contributed by atoms with Crippen LogP contribution in [0.5, 0.6) is 0 Å². The molecule has 0 radical (unpaired) electrons. The van der Waals surface area contributed by atoms with Crippen LogP contribution in [0.4, 0.5) is 5.82 Å². The fourth-order valence-corrected chi connectivity index (χ4v) is 1.77. The third-order valence-electron chi connectivity index (χ3n) is 2.91. The Morgan fingerprint density at radius 3 is 2.47 bits per heavy atom. The van der Waals surface area contributed by atoms with Crippen molar-refractivity contribution < 1.29 is 0 Å². The summed E-state index contributed by atoms with van der Waals surface area (Å²) in [6, 6.07) is 6.10. The number of aromatic nitrogens is 3. The Bertz CT molecular complexity index is 602. The summed E-state index contributed by atoms with van der Waals surface area (Å²) in [5.41, 5.74) is 1.73. The Labute approximate surface area is 113 Å². The van der Waals surface area contributed by atoms with E-state index < -0.39 is 0 Å². The molecule has 0 aliphatic heterocycles. The summed E-state index contributed by atoms with van der Waals surface area (Å²) < 4.78 is 1.64. The molecule has 2 heterocycles. The van der Waals surface area contributed by atoms with E-state index in [1.165, 1.54) is 5.56 Å². The van der Waals surface area contributed by atoms with Crippen LogP contribution >= 0.6 is 0 Å². The van der Waals surface area contributed by atoms with E-state index in [0.29, 0.717) is 23.1 Å². The van der Waals surface area contributed by atoms with Crippen molar-refractivity contribution in [1.29, 1.82) is 5.26 Å². The molecule has 5 nitrogen and oxygen atoms in total. The van der Waals surface area contributed by atoms with E-state index in [4.69, 9.17) is 5.26 Å². The lowest BCUT2D eigenvalue weighted by molar-refractivity contribution is 0.817. The first kappa shape index (κ1) is 13.1. The Morgan fingerprint density at radius 1 is 1.32 bits per heavy atom.